The van der Waals surface area contributed by atoms with E-state index in [-0.39, 0.29) is 0 Å². The third kappa shape index (κ3) is 3.28. The summed E-state index contributed by atoms with van der Waals surface area (Å²) in [5.41, 5.74) is 0.451. The maximum Gasteiger partial charge on any atom is 0.304 e. The molecule has 1 aromatic carbocycles. The zero-order valence-electron chi connectivity index (χ0n) is 11.2. The molecule has 6 heteroatoms. The molecule has 19 heavy (non-hydrogen) atoms. The monoisotopic (exact) mass is 265 g/mol. The standard InChI is InChI=1S/C13H15NO5/c1-8(15)19-12(7-14)9-5-10(16-2)13(18-4)11(6-9)17-3/h5-6,12H,1-4H3. The van der Waals surface area contributed by atoms with Gasteiger partial charge in [-0.25, -0.2) is 0 Å². The minimum absolute atomic E-state index is 0.393. The molecule has 0 heterocycles. The van der Waals surface area contributed by atoms with Crippen molar-refractivity contribution < 1.29 is 23.7 Å². The lowest BCUT2D eigenvalue weighted by molar-refractivity contribution is -0.144. The fourth-order valence-electron chi connectivity index (χ4n) is 1.59. The lowest BCUT2D eigenvalue weighted by Gasteiger charge is -2.16. The molecular formula is C13H15NO5. The highest BCUT2D eigenvalue weighted by Gasteiger charge is 2.20. The van der Waals surface area contributed by atoms with E-state index in [0.29, 0.717) is 22.8 Å². The quantitative estimate of drug-likeness (QED) is 0.756. The van der Waals surface area contributed by atoms with Gasteiger partial charge in [-0.3, -0.25) is 4.79 Å². The Kier molecular flexibility index (Phi) is 5.01. The summed E-state index contributed by atoms with van der Waals surface area (Å²) < 4.78 is 20.4. The van der Waals surface area contributed by atoms with Gasteiger partial charge >= 0.3 is 5.97 Å². The first-order chi connectivity index (χ1) is 9.07. The predicted octanol–water partition coefficient (Wildman–Crippen LogP) is 1.84. The molecule has 0 bridgehead atoms. The lowest BCUT2D eigenvalue weighted by atomic mass is 10.1. The van der Waals surface area contributed by atoms with Crippen LogP contribution in [-0.2, 0) is 9.53 Å². The van der Waals surface area contributed by atoms with Crippen molar-refractivity contribution in [1.82, 2.24) is 0 Å². The number of hydrogen-bond donors (Lipinski definition) is 0. The van der Waals surface area contributed by atoms with E-state index >= 15 is 0 Å². The van der Waals surface area contributed by atoms with Gasteiger partial charge in [0.2, 0.25) is 11.9 Å². The smallest absolute Gasteiger partial charge is 0.304 e. The molecule has 0 spiro atoms. The van der Waals surface area contributed by atoms with Crippen molar-refractivity contribution in [2.24, 2.45) is 0 Å². The Hall–Kier alpha value is -2.42. The Morgan fingerprint density at radius 2 is 1.68 bits per heavy atom. The zero-order valence-corrected chi connectivity index (χ0v) is 11.2. The molecule has 6 nitrogen and oxygen atoms in total. The van der Waals surface area contributed by atoms with E-state index in [1.54, 1.807) is 12.1 Å². The number of rotatable bonds is 5. The first kappa shape index (κ1) is 14.6. The number of carbonyl (C=O) groups excluding carboxylic acids is 1. The molecule has 0 aromatic heterocycles. The van der Waals surface area contributed by atoms with Crippen LogP contribution in [0.2, 0.25) is 0 Å². The average Bonchev–Trinajstić information content (AvgIpc) is 2.42. The second kappa shape index (κ2) is 6.50. The molecule has 1 unspecified atom stereocenters. The van der Waals surface area contributed by atoms with Gasteiger partial charge in [-0.1, -0.05) is 0 Å². The molecule has 0 saturated heterocycles. The maximum atomic E-state index is 11.0. The SMILES string of the molecule is COc1cc(C(C#N)OC(C)=O)cc(OC)c1OC. The van der Waals surface area contributed by atoms with Crippen molar-refractivity contribution in [3.05, 3.63) is 17.7 Å². The van der Waals surface area contributed by atoms with Crippen molar-refractivity contribution in [2.45, 2.75) is 13.0 Å². The van der Waals surface area contributed by atoms with Crippen LogP contribution in [0.25, 0.3) is 0 Å². The average molecular weight is 265 g/mol. The van der Waals surface area contributed by atoms with E-state index in [4.69, 9.17) is 24.2 Å². The van der Waals surface area contributed by atoms with Crippen molar-refractivity contribution in [2.75, 3.05) is 21.3 Å². The summed E-state index contributed by atoms with van der Waals surface area (Å²) in [4.78, 5) is 11.0. The highest BCUT2D eigenvalue weighted by molar-refractivity contribution is 5.67. The van der Waals surface area contributed by atoms with Gasteiger partial charge in [0.15, 0.2) is 11.5 Å². The Bertz CT molecular complexity index is 481. The van der Waals surface area contributed by atoms with Crippen molar-refractivity contribution in [3.63, 3.8) is 0 Å². The molecule has 0 saturated carbocycles. The third-order valence-corrected chi connectivity index (χ3v) is 2.39. The van der Waals surface area contributed by atoms with Crippen LogP contribution in [0.15, 0.2) is 12.1 Å². The second-order valence-corrected chi connectivity index (χ2v) is 3.58. The fourth-order valence-corrected chi connectivity index (χ4v) is 1.59. The summed E-state index contributed by atoms with van der Waals surface area (Å²) >= 11 is 0. The number of esters is 1. The van der Waals surface area contributed by atoms with Gasteiger partial charge < -0.3 is 18.9 Å². The first-order valence-corrected chi connectivity index (χ1v) is 5.44. The number of methoxy groups -OCH3 is 3. The molecule has 0 radical (unpaired) electrons. The number of benzene rings is 1. The normalized spacial score (nSPS) is 11.1. The zero-order chi connectivity index (χ0) is 14.4. The number of nitriles is 1. The van der Waals surface area contributed by atoms with Crippen LogP contribution in [0.1, 0.15) is 18.6 Å². The van der Waals surface area contributed by atoms with Crippen molar-refractivity contribution in [1.29, 1.82) is 5.26 Å². The minimum atomic E-state index is -1.02. The molecule has 1 rings (SSSR count). The van der Waals surface area contributed by atoms with Crippen LogP contribution in [0.3, 0.4) is 0 Å². The number of hydrogen-bond acceptors (Lipinski definition) is 6. The third-order valence-electron chi connectivity index (χ3n) is 2.39. The van der Waals surface area contributed by atoms with Crippen LogP contribution in [-0.4, -0.2) is 27.3 Å². The van der Waals surface area contributed by atoms with Crippen molar-refractivity contribution in [3.8, 4) is 23.3 Å². The Balaban J connectivity index is 3.29. The summed E-state index contributed by atoms with van der Waals surface area (Å²) in [6.45, 7) is 1.24. The molecule has 0 N–H and O–H groups in total. The molecule has 1 aromatic rings. The van der Waals surface area contributed by atoms with Gasteiger partial charge in [-0.05, 0) is 12.1 Å². The fraction of sp³-hybridized carbons (Fsp3) is 0.385. The summed E-state index contributed by atoms with van der Waals surface area (Å²) in [5, 5.41) is 9.04. The van der Waals surface area contributed by atoms with E-state index in [2.05, 4.69) is 0 Å². The van der Waals surface area contributed by atoms with Gasteiger partial charge in [0.05, 0.1) is 21.3 Å². The topological polar surface area (TPSA) is 77.8 Å². The highest BCUT2D eigenvalue weighted by Crippen LogP contribution is 2.40. The maximum absolute atomic E-state index is 11.0. The van der Waals surface area contributed by atoms with Gasteiger partial charge in [0.1, 0.15) is 6.07 Å². The van der Waals surface area contributed by atoms with Gasteiger partial charge in [-0.15, -0.1) is 0 Å². The van der Waals surface area contributed by atoms with E-state index in [1.165, 1.54) is 28.3 Å². The van der Waals surface area contributed by atoms with Crippen molar-refractivity contribution >= 4 is 5.97 Å². The predicted molar refractivity (Wildman–Crippen MR) is 66.2 cm³/mol. The second-order valence-electron chi connectivity index (χ2n) is 3.58. The van der Waals surface area contributed by atoms with Crippen LogP contribution >= 0.6 is 0 Å². The minimum Gasteiger partial charge on any atom is -0.493 e. The van der Waals surface area contributed by atoms with Gasteiger partial charge in [-0.2, -0.15) is 5.26 Å². The summed E-state index contributed by atoms with van der Waals surface area (Å²) in [6, 6.07) is 5.03. The molecule has 1 atom stereocenters. The van der Waals surface area contributed by atoms with Crippen LogP contribution in [0, 0.1) is 11.3 Å². The Labute approximate surface area is 111 Å². The van der Waals surface area contributed by atoms with Crippen LogP contribution in [0.4, 0.5) is 0 Å². The van der Waals surface area contributed by atoms with E-state index in [9.17, 15) is 4.79 Å². The van der Waals surface area contributed by atoms with Crippen LogP contribution < -0.4 is 14.2 Å². The molecular weight excluding hydrogens is 250 g/mol. The summed E-state index contributed by atoms with van der Waals surface area (Å²) in [6.07, 6.45) is -1.02. The number of nitrogens with zero attached hydrogens (tertiary/aromatic N) is 1. The summed E-state index contributed by atoms with van der Waals surface area (Å²) in [5.74, 6) is 0.655. The number of ether oxygens (including phenoxy) is 4. The molecule has 102 valence electrons. The number of carbonyl (C=O) groups is 1. The molecule has 0 aliphatic heterocycles. The van der Waals surface area contributed by atoms with E-state index < -0.39 is 12.1 Å². The van der Waals surface area contributed by atoms with Crippen LogP contribution in [0.5, 0.6) is 17.2 Å². The van der Waals surface area contributed by atoms with E-state index in [0.717, 1.165) is 0 Å². The van der Waals surface area contributed by atoms with Gasteiger partial charge in [0, 0.05) is 12.5 Å². The highest BCUT2D eigenvalue weighted by atomic mass is 16.5. The Morgan fingerprint density at radius 1 is 1.16 bits per heavy atom. The molecule has 0 amide bonds. The van der Waals surface area contributed by atoms with E-state index in [1.807, 2.05) is 6.07 Å². The molecule has 0 fully saturated rings. The first-order valence-electron chi connectivity index (χ1n) is 5.44. The van der Waals surface area contributed by atoms with Gasteiger partial charge in [0.25, 0.3) is 0 Å². The largest absolute Gasteiger partial charge is 0.493 e. The molecule has 0 aliphatic rings. The summed E-state index contributed by atoms with van der Waals surface area (Å²) in [7, 11) is 4.41. The molecule has 0 aliphatic carbocycles. The Morgan fingerprint density at radius 3 is 2.00 bits per heavy atom. The lowest BCUT2D eigenvalue weighted by Crippen LogP contribution is -2.07.